The van der Waals surface area contributed by atoms with Gasteiger partial charge in [0.25, 0.3) is 0 Å². The van der Waals surface area contributed by atoms with E-state index in [1.807, 2.05) is 0 Å². The maximum Gasteiger partial charge on any atom is 0.419 e. The van der Waals surface area contributed by atoms with Crippen molar-refractivity contribution in [1.82, 2.24) is 0 Å². The fourth-order valence-corrected chi connectivity index (χ4v) is 1.54. The zero-order valence-corrected chi connectivity index (χ0v) is 7.74. The molecule has 0 aliphatic heterocycles. The highest BCUT2D eigenvalue weighted by Crippen LogP contribution is 2.45. The minimum absolute atomic E-state index is 0.0303. The summed E-state index contributed by atoms with van der Waals surface area (Å²) in [6.45, 7) is 0. The van der Waals surface area contributed by atoms with Crippen molar-refractivity contribution in [2.45, 2.75) is 24.6 Å². The van der Waals surface area contributed by atoms with Crippen LogP contribution >= 0.6 is 0 Å². The van der Waals surface area contributed by atoms with E-state index < -0.39 is 23.1 Å². The first kappa shape index (κ1) is 10.4. The fraction of sp³-hybridized carbons (Fsp3) is 0.400. The summed E-state index contributed by atoms with van der Waals surface area (Å²) in [5.74, 6) is -1.23. The van der Waals surface area contributed by atoms with Crippen LogP contribution in [0.4, 0.5) is 17.6 Å². The third kappa shape index (κ3) is 1.71. The van der Waals surface area contributed by atoms with Crippen molar-refractivity contribution < 1.29 is 17.6 Å². The number of alkyl halides is 3. The summed E-state index contributed by atoms with van der Waals surface area (Å²) in [6, 6.07) is 3.23. The Morgan fingerprint density at radius 3 is 2.27 bits per heavy atom. The van der Waals surface area contributed by atoms with Crippen LogP contribution in [0.5, 0.6) is 0 Å². The fourth-order valence-electron chi connectivity index (χ4n) is 1.54. The highest BCUT2D eigenvalue weighted by Gasteiger charge is 2.44. The van der Waals surface area contributed by atoms with Crippen molar-refractivity contribution >= 4 is 0 Å². The highest BCUT2D eigenvalue weighted by molar-refractivity contribution is 5.36. The van der Waals surface area contributed by atoms with Gasteiger partial charge in [0.15, 0.2) is 0 Å². The zero-order valence-electron chi connectivity index (χ0n) is 7.74. The van der Waals surface area contributed by atoms with Crippen molar-refractivity contribution in [1.29, 1.82) is 0 Å². The molecule has 0 aromatic heterocycles. The van der Waals surface area contributed by atoms with Crippen molar-refractivity contribution in [3.63, 3.8) is 0 Å². The Morgan fingerprint density at radius 2 is 1.80 bits per heavy atom. The molecule has 5 heteroatoms. The number of nitrogens with two attached hydrogens (primary N) is 1. The second-order valence-electron chi connectivity index (χ2n) is 3.82. The molecule has 1 nitrogen and oxygen atoms in total. The predicted molar refractivity (Wildman–Crippen MR) is 46.5 cm³/mol. The zero-order chi connectivity index (χ0) is 11.3. The molecular weight excluding hydrogens is 210 g/mol. The number of rotatable bonds is 1. The summed E-state index contributed by atoms with van der Waals surface area (Å²) in [5, 5.41) is 0. The van der Waals surface area contributed by atoms with Gasteiger partial charge in [-0.15, -0.1) is 0 Å². The molecule has 0 unspecified atom stereocenters. The smallest absolute Gasteiger partial charge is 0.321 e. The molecule has 82 valence electrons. The van der Waals surface area contributed by atoms with Gasteiger partial charge in [-0.25, -0.2) is 4.39 Å². The monoisotopic (exact) mass is 219 g/mol. The minimum Gasteiger partial charge on any atom is -0.321 e. The maximum absolute atomic E-state index is 13.5. The molecule has 0 spiro atoms. The molecule has 2 rings (SSSR count). The van der Waals surface area contributed by atoms with E-state index in [0.717, 1.165) is 6.07 Å². The molecule has 0 atom stereocenters. The first-order valence-corrected chi connectivity index (χ1v) is 4.50. The lowest BCUT2D eigenvalue weighted by molar-refractivity contribution is -0.140. The first-order chi connectivity index (χ1) is 6.84. The molecule has 0 saturated heterocycles. The van der Waals surface area contributed by atoms with Gasteiger partial charge in [-0.3, -0.25) is 0 Å². The Bertz CT molecular complexity index is 369. The molecule has 1 aromatic carbocycles. The van der Waals surface area contributed by atoms with Crippen molar-refractivity contribution in [2.24, 2.45) is 5.73 Å². The third-order valence-corrected chi connectivity index (χ3v) is 2.63. The maximum atomic E-state index is 13.5. The van der Waals surface area contributed by atoms with Gasteiger partial charge in [0.2, 0.25) is 0 Å². The van der Waals surface area contributed by atoms with Gasteiger partial charge in [-0.05, 0) is 18.9 Å². The van der Waals surface area contributed by atoms with E-state index in [2.05, 4.69) is 0 Å². The van der Waals surface area contributed by atoms with Gasteiger partial charge in [0.1, 0.15) is 5.82 Å². The summed E-state index contributed by atoms with van der Waals surface area (Å²) in [6.07, 6.45) is -3.60. The Hall–Kier alpha value is -1.10. The van der Waals surface area contributed by atoms with E-state index in [4.69, 9.17) is 5.73 Å². The standard InChI is InChI=1S/C10H9F4N/c11-8-6(9(15)4-5-9)2-1-3-7(8)10(12,13)14/h1-3H,4-5,15H2. The van der Waals surface area contributed by atoms with Crippen molar-refractivity contribution in [2.75, 3.05) is 0 Å². The van der Waals surface area contributed by atoms with Crippen LogP contribution in [-0.4, -0.2) is 0 Å². The molecule has 1 fully saturated rings. The summed E-state index contributed by atoms with van der Waals surface area (Å²) < 4.78 is 50.6. The average Bonchev–Trinajstić information content (AvgIpc) is 2.83. The molecule has 1 aliphatic carbocycles. The topological polar surface area (TPSA) is 26.0 Å². The van der Waals surface area contributed by atoms with Crippen LogP contribution in [0.1, 0.15) is 24.0 Å². The van der Waals surface area contributed by atoms with E-state index in [1.54, 1.807) is 0 Å². The van der Waals surface area contributed by atoms with Crippen LogP contribution < -0.4 is 5.73 Å². The number of halogens is 4. The largest absolute Gasteiger partial charge is 0.419 e. The van der Waals surface area contributed by atoms with Crippen LogP contribution in [0.2, 0.25) is 0 Å². The lowest BCUT2D eigenvalue weighted by Gasteiger charge is -2.14. The third-order valence-electron chi connectivity index (χ3n) is 2.63. The van der Waals surface area contributed by atoms with Crippen LogP contribution in [-0.2, 0) is 11.7 Å². The molecule has 1 aliphatic rings. The molecule has 0 radical (unpaired) electrons. The highest BCUT2D eigenvalue weighted by atomic mass is 19.4. The number of hydrogen-bond acceptors (Lipinski definition) is 1. The van der Waals surface area contributed by atoms with Gasteiger partial charge in [-0.2, -0.15) is 13.2 Å². The van der Waals surface area contributed by atoms with Crippen LogP contribution in [0.25, 0.3) is 0 Å². The molecule has 15 heavy (non-hydrogen) atoms. The Kier molecular flexibility index (Phi) is 2.05. The summed E-state index contributed by atoms with van der Waals surface area (Å²) in [7, 11) is 0. The Balaban J connectivity index is 2.51. The molecule has 1 saturated carbocycles. The van der Waals surface area contributed by atoms with Gasteiger partial charge in [0.05, 0.1) is 5.56 Å². The van der Waals surface area contributed by atoms with Gasteiger partial charge in [-0.1, -0.05) is 12.1 Å². The quantitative estimate of drug-likeness (QED) is 0.722. The Labute approximate surface area is 83.9 Å². The average molecular weight is 219 g/mol. The normalized spacial score (nSPS) is 19.0. The summed E-state index contributed by atoms with van der Waals surface area (Å²) >= 11 is 0. The molecule has 0 heterocycles. The SMILES string of the molecule is NC1(c2cccc(C(F)(F)F)c2F)CC1. The number of benzene rings is 1. The van der Waals surface area contributed by atoms with Crippen LogP contribution in [0.15, 0.2) is 18.2 Å². The van der Waals surface area contributed by atoms with E-state index in [-0.39, 0.29) is 5.56 Å². The summed E-state index contributed by atoms with van der Waals surface area (Å²) in [4.78, 5) is 0. The van der Waals surface area contributed by atoms with Gasteiger partial charge in [0, 0.05) is 11.1 Å². The van der Waals surface area contributed by atoms with E-state index in [1.165, 1.54) is 12.1 Å². The second kappa shape index (κ2) is 2.95. The van der Waals surface area contributed by atoms with Gasteiger partial charge < -0.3 is 5.73 Å². The van der Waals surface area contributed by atoms with E-state index in [9.17, 15) is 17.6 Å². The van der Waals surface area contributed by atoms with Gasteiger partial charge >= 0.3 is 6.18 Å². The van der Waals surface area contributed by atoms with Crippen LogP contribution in [0, 0.1) is 5.82 Å². The number of hydrogen-bond donors (Lipinski definition) is 1. The first-order valence-electron chi connectivity index (χ1n) is 4.50. The van der Waals surface area contributed by atoms with Crippen molar-refractivity contribution in [3.05, 3.63) is 35.1 Å². The molecular formula is C10H9F4N. The minimum atomic E-state index is -4.66. The second-order valence-corrected chi connectivity index (χ2v) is 3.82. The molecule has 1 aromatic rings. The molecule has 0 bridgehead atoms. The molecule has 2 N–H and O–H groups in total. The lowest BCUT2D eigenvalue weighted by Crippen LogP contribution is -2.22. The summed E-state index contributed by atoms with van der Waals surface area (Å²) in [5.41, 5.74) is 3.52. The van der Waals surface area contributed by atoms with E-state index in [0.29, 0.717) is 12.8 Å². The Morgan fingerprint density at radius 1 is 1.20 bits per heavy atom. The lowest BCUT2D eigenvalue weighted by atomic mass is 10.0. The predicted octanol–water partition coefficient (Wildman–Crippen LogP) is 2.79. The van der Waals surface area contributed by atoms with Crippen molar-refractivity contribution in [3.8, 4) is 0 Å². The van der Waals surface area contributed by atoms with Crippen LogP contribution in [0.3, 0.4) is 0 Å². The molecule has 0 amide bonds. The van der Waals surface area contributed by atoms with E-state index >= 15 is 0 Å².